The minimum atomic E-state index is 0.676. The van der Waals surface area contributed by atoms with Crippen molar-refractivity contribution < 1.29 is 0 Å². The van der Waals surface area contributed by atoms with Crippen LogP contribution in [0.2, 0.25) is 0 Å². The van der Waals surface area contributed by atoms with E-state index in [-0.39, 0.29) is 0 Å². The van der Waals surface area contributed by atoms with Crippen LogP contribution in [-0.2, 0) is 0 Å². The van der Waals surface area contributed by atoms with Crippen molar-refractivity contribution in [3.05, 3.63) is 0 Å². The molecule has 0 aliphatic carbocycles. The summed E-state index contributed by atoms with van der Waals surface area (Å²) in [5.74, 6) is 0. The van der Waals surface area contributed by atoms with E-state index in [1.165, 1.54) is 0 Å². The molecule has 0 aromatic rings. The highest BCUT2D eigenvalue weighted by atomic mass is 13.4. The average molecular weight is 498 g/mol. The fourth-order valence-corrected chi connectivity index (χ4v) is 11.7. The molecule has 0 aliphatic heterocycles. The van der Waals surface area contributed by atoms with Gasteiger partial charge in [0.2, 0.25) is 0 Å². The summed E-state index contributed by atoms with van der Waals surface area (Å²) in [6, 6.07) is 0. The average Bonchev–Trinajstić information content (AvgIpc) is 2.75. The van der Waals surface area contributed by atoms with Gasteiger partial charge in [0, 0.05) is 128 Å². The summed E-state index contributed by atoms with van der Waals surface area (Å²) >= 11 is 0. The normalized spacial score (nSPS) is 9.62. The van der Waals surface area contributed by atoms with Gasteiger partial charge in [0.05, 0.1) is 170 Å². The Labute approximate surface area is 295 Å². The monoisotopic (exact) mass is 507 g/mol. The van der Waals surface area contributed by atoms with Gasteiger partial charge >= 0.3 is 0 Å². The van der Waals surface area contributed by atoms with E-state index < -0.39 is 0 Å². The number of hydrogen-bond acceptors (Lipinski definition) is 0. The van der Waals surface area contributed by atoms with Crippen LogP contribution >= 0.6 is 0 Å². The first-order chi connectivity index (χ1) is 19.0. The molecular weight excluding hydrogens is 454 g/mol. The lowest BCUT2D eigenvalue weighted by Crippen LogP contribution is -2.93. The van der Waals surface area contributed by atoms with E-state index in [0.717, 1.165) is 51.1 Å². The first-order valence-corrected chi connectivity index (χ1v) is 19.0. The topological polar surface area (TPSA) is 0 Å². The third-order valence-electron chi connectivity index (χ3n) is 12.0. The molecule has 0 aliphatic rings. The van der Waals surface area contributed by atoms with E-state index in [9.17, 15) is 0 Å². The van der Waals surface area contributed by atoms with E-state index in [0.29, 0.717) is 76.6 Å². The van der Waals surface area contributed by atoms with Gasteiger partial charge in [-0.3, -0.25) is 0 Å². The fraction of sp³-hybridized carbons (Fsp3) is 0. The number of hydrogen-bond donors (Lipinski definition) is 0. The molecule has 0 fully saturated rings. The molecule has 0 spiro atoms. The van der Waals surface area contributed by atoms with Gasteiger partial charge in [0.1, 0.15) is 0 Å². The van der Waals surface area contributed by atoms with E-state index in [2.05, 4.69) is 170 Å². The second kappa shape index (κ2) is 20.3. The first kappa shape index (κ1) is 44.7. The van der Waals surface area contributed by atoms with Crippen LogP contribution in [0.1, 0.15) is 0 Å². The lowest BCUT2D eigenvalue weighted by Gasteiger charge is -2.54. The van der Waals surface area contributed by atoms with Crippen LogP contribution in [-0.4, -0.2) is 298 Å². The minimum absolute atomic E-state index is 0.676. The molecule has 42 heteroatoms. The quantitative estimate of drug-likeness (QED) is 0.155. The molecule has 0 atom stereocenters. The third-order valence-corrected chi connectivity index (χ3v) is 12.0. The van der Waals surface area contributed by atoms with Gasteiger partial charge in [-0.2, -0.15) is 0 Å². The summed E-state index contributed by atoms with van der Waals surface area (Å²) in [5.41, 5.74) is 0. The van der Waals surface area contributed by atoms with Crippen molar-refractivity contribution in [1.82, 2.24) is 0 Å². The maximum Gasteiger partial charge on any atom is 0.0552 e. The molecule has 0 heterocycles. The van der Waals surface area contributed by atoms with Crippen molar-refractivity contribution in [2.45, 2.75) is 0 Å². The third kappa shape index (κ3) is 12.0. The molecule has 0 aromatic carbocycles. The van der Waals surface area contributed by atoms with Crippen LogP contribution in [0.15, 0.2) is 0 Å². The van der Waals surface area contributed by atoms with E-state index in [1.54, 1.807) is 0 Å². The van der Waals surface area contributed by atoms with Crippen LogP contribution < -0.4 is 0 Å². The SMILES string of the molecule is BB(B)B(B(B)B)B(B(B)B)B(B(B(B(B)B)B(B)B)B(B(B)B)B(B)B)B(B(B(B)B)B(B)B)B(B(B)B)B(B)B. The van der Waals surface area contributed by atoms with Crippen LogP contribution in [0.4, 0.5) is 0 Å². The zero-order chi connectivity index (χ0) is 33.5. The summed E-state index contributed by atoms with van der Waals surface area (Å²) in [6.07, 6.45) is 14.1. The second-order valence-electron chi connectivity index (χ2n) is 18.9. The Hall–Kier alpha value is 2.73. The van der Waals surface area contributed by atoms with Crippen LogP contribution in [0.25, 0.3) is 0 Å². The predicted octanol–water partition coefficient (Wildman–Crippen LogP) is -27.8. The Morgan fingerprint density at radius 3 is 0.333 bits per heavy atom. The van der Waals surface area contributed by atoms with E-state index in [4.69, 9.17) is 0 Å². The maximum atomic E-state index is 2.61. The van der Waals surface area contributed by atoms with Crippen LogP contribution in [0, 0.1) is 0 Å². The maximum absolute atomic E-state index is 2.61. The largest absolute Gasteiger partial charge is 0.0552 e. The second-order valence-corrected chi connectivity index (χ2v) is 18.9. The smallest absolute Gasteiger partial charge is 0.0000643 e. The molecule has 0 aromatic heterocycles. The van der Waals surface area contributed by atoms with Crippen molar-refractivity contribution in [2.24, 2.45) is 0 Å². The molecule has 0 nitrogen and oxygen atoms in total. The molecule has 0 amide bonds. The molecule has 170 valence electrons. The molecule has 0 radical (unpaired) electrons. The van der Waals surface area contributed by atoms with Gasteiger partial charge in [0.15, 0.2) is 0 Å². The summed E-state index contributed by atoms with van der Waals surface area (Å²) in [4.78, 5) is 0. The molecule has 0 saturated heterocycles. The van der Waals surface area contributed by atoms with Gasteiger partial charge in [-0.15, -0.1) is 0 Å². The van der Waals surface area contributed by atoms with E-state index >= 15 is 0 Å². The number of rotatable bonds is 19. The Morgan fingerprint density at radius 2 is 0.214 bits per heavy atom. The summed E-state index contributed by atoms with van der Waals surface area (Å²) < 4.78 is 0. The Kier molecular flexibility index (Phi) is 21.6. The first-order valence-electron chi connectivity index (χ1n) is 19.0. The molecule has 0 bridgehead atoms. The summed E-state index contributed by atoms with van der Waals surface area (Å²) in [7, 11) is 56.5. The molecule has 0 rings (SSSR count). The van der Waals surface area contributed by atoms with Crippen molar-refractivity contribution >= 4 is 298 Å². The van der Waals surface area contributed by atoms with Crippen molar-refractivity contribution in [2.75, 3.05) is 0 Å². The van der Waals surface area contributed by atoms with Gasteiger partial charge in [0.25, 0.3) is 0 Å². The standard InChI is InChI=1S/B42H44/c1-23(2)34(24(3)4)39(33(21)22)42(40(35(25(5)6)26(7)8)36(27(9)10)28(11)12)41(37(29(13)14)30(15)16)38(31(17)18)32(19)20/h1-22H2. The Balaban J connectivity index is 8.59. The summed E-state index contributed by atoms with van der Waals surface area (Å²) in [5, 5.41) is 0. The van der Waals surface area contributed by atoms with Gasteiger partial charge < -0.3 is 0 Å². The Morgan fingerprint density at radius 1 is 0.119 bits per heavy atom. The lowest BCUT2D eigenvalue weighted by atomic mass is 8.27. The van der Waals surface area contributed by atoms with Crippen LogP contribution in [0.5, 0.6) is 0 Å². The van der Waals surface area contributed by atoms with Gasteiger partial charge in [-0.1, -0.05) is 0 Å². The van der Waals surface area contributed by atoms with Crippen molar-refractivity contribution in [3.8, 4) is 0 Å². The summed E-state index contributed by atoms with van der Waals surface area (Å²) in [6.45, 7) is 0. The highest BCUT2D eigenvalue weighted by Gasteiger charge is 2.58. The molecular formula is H44B42. The van der Waals surface area contributed by atoms with Crippen molar-refractivity contribution in [3.63, 3.8) is 0 Å². The molecule has 0 unspecified atom stereocenters. The zero-order valence-corrected chi connectivity index (χ0v) is 33.5. The molecule has 42 heavy (non-hydrogen) atoms. The molecule has 0 saturated carbocycles. The molecule has 0 N–H and O–H groups in total. The van der Waals surface area contributed by atoms with E-state index in [1.807, 2.05) is 0 Å². The highest BCUT2D eigenvalue weighted by Crippen LogP contribution is 2.19. The van der Waals surface area contributed by atoms with Gasteiger partial charge in [-0.25, -0.2) is 0 Å². The van der Waals surface area contributed by atoms with Crippen LogP contribution in [0.3, 0.4) is 0 Å². The highest BCUT2D eigenvalue weighted by molar-refractivity contribution is 8.33. The zero-order valence-electron chi connectivity index (χ0n) is 33.5. The predicted molar refractivity (Wildman–Crippen MR) is 303 cm³/mol. The Bertz CT molecular complexity index is 563. The lowest BCUT2D eigenvalue weighted by molar-refractivity contribution is 3.21. The minimum Gasteiger partial charge on any atom is 0.0000643 e. The fourth-order valence-electron chi connectivity index (χ4n) is 11.7. The van der Waals surface area contributed by atoms with Gasteiger partial charge in [-0.05, 0) is 0 Å². The van der Waals surface area contributed by atoms with Crippen molar-refractivity contribution in [1.29, 1.82) is 0 Å².